The first-order chi connectivity index (χ1) is 11.1. The molecule has 0 bridgehead atoms. The molecule has 3 rings (SSSR count). The van der Waals surface area contributed by atoms with Crippen LogP contribution in [0.15, 0.2) is 47.2 Å². The first-order valence-electron chi connectivity index (χ1n) is 7.88. The van der Waals surface area contributed by atoms with Gasteiger partial charge in [-0.2, -0.15) is 5.10 Å². The van der Waals surface area contributed by atoms with Crippen LogP contribution in [0.1, 0.15) is 18.5 Å². The Hall–Kier alpha value is -1.66. The van der Waals surface area contributed by atoms with Crippen LogP contribution in [0.3, 0.4) is 0 Å². The van der Waals surface area contributed by atoms with Gasteiger partial charge in [-0.15, -0.1) is 0 Å². The molecule has 2 aromatic rings. The molecule has 1 aromatic heterocycles. The van der Waals surface area contributed by atoms with E-state index in [1.807, 2.05) is 24.1 Å². The van der Waals surface area contributed by atoms with Crippen LogP contribution in [-0.4, -0.2) is 51.7 Å². The van der Waals surface area contributed by atoms with E-state index < -0.39 is 0 Å². The summed E-state index contributed by atoms with van der Waals surface area (Å²) >= 11 is 3.37. The molecule has 1 aliphatic heterocycles. The second-order valence-corrected chi connectivity index (χ2v) is 6.82. The molecule has 0 spiro atoms. The van der Waals surface area contributed by atoms with Crippen molar-refractivity contribution in [1.29, 1.82) is 0 Å². The lowest BCUT2D eigenvalue weighted by Gasteiger charge is -2.36. The fraction of sp³-hybridized carbons (Fsp3) is 0.412. The maximum absolute atomic E-state index is 12.6. The summed E-state index contributed by atoms with van der Waals surface area (Å²) in [6, 6.07) is 10.2. The highest BCUT2D eigenvalue weighted by atomic mass is 79.9. The Bertz CT molecular complexity index is 650. The van der Waals surface area contributed by atoms with Gasteiger partial charge in [0.05, 0.1) is 10.7 Å². The van der Waals surface area contributed by atoms with Crippen LogP contribution in [0.2, 0.25) is 0 Å². The third-order valence-corrected chi connectivity index (χ3v) is 4.67. The minimum absolute atomic E-state index is 0.139. The van der Waals surface area contributed by atoms with Crippen LogP contribution in [-0.2, 0) is 11.3 Å². The van der Waals surface area contributed by atoms with E-state index in [2.05, 4.69) is 50.2 Å². The molecule has 1 unspecified atom stereocenters. The fourth-order valence-corrected chi connectivity index (χ4v) is 3.17. The molecule has 1 aromatic carbocycles. The second-order valence-electron chi connectivity index (χ2n) is 5.90. The van der Waals surface area contributed by atoms with E-state index in [0.717, 1.165) is 37.2 Å². The average Bonchev–Trinajstić information content (AvgIpc) is 3.02. The van der Waals surface area contributed by atoms with Gasteiger partial charge in [0.15, 0.2) is 0 Å². The maximum atomic E-state index is 12.6. The number of aromatic nitrogens is 2. The van der Waals surface area contributed by atoms with Crippen LogP contribution in [0, 0.1) is 0 Å². The van der Waals surface area contributed by atoms with Gasteiger partial charge in [-0.05, 0) is 28.4 Å². The van der Waals surface area contributed by atoms with Gasteiger partial charge >= 0.3 is 0 Å². The van der Waals surface area contributed by atoms with Gasteiger partial charge in [-0.3, -0.25) is 14.4 Å². The topological polar surface area (TPSA) is 41.4 Å². The zero-order valence-electron chi connectivity index (χ0n) is 13.2. The zero-order chi connectivity index (χ0) is 16.2. The highest BCUT2D eigenvalue weighted by Crippen LogP contribution is 2.16. The van der Waals surface area contributed by atoms with E-state index in [0.29, 0.717) is 0 Å². The van der Waals surface area contributed by atoms with Crippen molar-refractivity contribution in [1.82, 2.24) is 19.6 Å². The molecule has 1 saturated heterocycles. The zero-order valence-corrected chi connectivity index (χ0v) is 14.8. The molecular formula is C17H21BrN4O. The molecule has 1 aliphatic rings. The summed E-state index contributed by atoms with van der Waals surface area (Å²) < 4.78 is 2.60. The van der Waals surface area contributed by atoms with Crippen molar-refractivity contribution >= 4 is 21.8 Å². The number of carbonyl (C=O) groups is 1. The second kappa shape index (κ2) is 7.27. The third-order valence-electron chi connectivity index (χ3n) is 4.26. The summed E-state index contributed by atoms with van der Waals surface area (Å²) in [7, 11) is 0. The summed E-state index contributed by atoms with van der Waals surface area (Å²) in [6.45, 7) is 6.23. The molecule has 0 aliphatic carbocycles. The Balaban J connectivity index is 1.53. The molecule has 1 amide bonds. The highest BCUT2D eigenvalue weighted by molar-refractivity contribution is 9.10. The monoisotopic (exact) mass is 376 g/mol. The number of hydrogen-bond acceptors (Lipinski definition) is 3. The normalized spacial score (nSPS) is 17.2. The first kappa shape index (κ1) is 16.2. The Morgan fingerprint density at radius 3 is 2.52 bits per heavy atom. The third kappa shape index (κ3) is 4.00. The van der Waals surface area contributed by atoms with Gasteiger partial charge in [0, 0.05) is 38.9 Å². The van der Waals surface area contributed by atoms with Crippen molar-refractivity contribution in [2.24, 2.45) is 0 Å². The minimum Gasteiger partial charge on any atom is -0.338 e. The Morgan fingerprint density at radius 2 is 1.91 bits per heavy atom. The number of rotatable bonds is 4. The predicted octanol–water partition coefficient (Wildman–Crippen LogP) is 2.55. The lowest BCUT2D eigenvalue weighted by molar-refractivity contribution is -0.136. The van der Waals surface area contributed by atoms with Crippen molar-refractivity contribution in [3.63, 3.8) is 0 Å². The number of carbonyl (C=O) groups excluding carboxylic acids is 1. The number of nitrogens with zero attached hydrogens (tertiary/aromatic N) is 4. The van der Waals surface area contributed by atoms with Gasteiger partial charge in [0.2, 0.25) is 5.91 Å². The largest absolute Gasteiger partial charge is 0.338 e. The minimum atomic E-state index is -0.262. The van der Waals surface area contributed by atoms with Gasteiger partial charge < -0.3 is 4.90 Å². The van der Waals surface area contributed by atoms with Crippen LogP contribution >= 0.6 is 15.9 Å². The maximum Gasteiger partial charge on any atom is 0.247 e. The van der Waals surface area contributed by atoms with E-state index >= 15 is 0 Å². The average molecular weight is 377 g/mol. The fourth-order valence-electron chi connectivity index (χ4n) is 2.87. The SMILES string of the molecule is CC(C(=O)N1CCN(Cc2ccccc2)CC1)n1cc(Br)cn1. The molecule has 5 nitrogen and oxygen atoms in total. The summed E-state index contributed by atoms with van der Waals surface area (Å²) in [5.41, 5.74) is 1.32. The van der Waals surface area contributed by atoms with Crippen molar-refractivity contribution in [2.75, 3.05) is 26.2 Å². The lowest BCUT2D eigenvalue weighted by atomic mass is 10.2. The van der Waals surface area contributed by atoms with E-state index in [-0.39, 0.29) is 11.9 Å². The molecule has 0 saturated carbocycles. The van der Waals surface area contributed by atoms with E-state index in [9.17, 15) is 4.79 Å². The van der Waals surface area contributed by atoms with Crippen molar-refractivity contribution < 1.29 is 4.79 Å². The van der Waals surface area contributed by atoms with E-state index in [1.54, 1.807) is 10.9 Å². The smallest absolute Gasteiger partial charge is 0.247 e. The molecule has 0 N–H and O–H groups in total. The molecule has 1 atom stereocenters. The molecular weight excluding hydrogens is 356 g/mol. The standard InChI is InChI=1S/C17H21BrN4O/c1-14(22-13-16(18)11-19-22)17(23)21-9-7-20(8-10-21)12-15-5-3-2-4-6-15/h2-6,11,13-14H,7-10,12H2,1H3. The summed E-state index contributed by atoms with van der Waals surface area (Å²) in [5, 5.41) is 4.21. The Kier molecular flexibility index (Phi) is 5.13. The number of piperazine rings is 1. The molecule has 2 heterocycles. The Labute approximate surface area is 145 Å². The predicted molar refractivity (Wildman–Crippen MR) is 92.9 cm³/mol. The van der Waals surface area contributed by atoms with Crippen molar-refractivity contribution in [2.45, 2.75) is 19.5 Å². The quantitative estimate of drug-likeness (QED) is 0.823. The first-order valence-corrected chi connectivity index (χ1v) is 8.67. The lowest BCUT2D eigenvalue weighted by Crippen LogP contribution is -2.49. The van der Waals surface area contributed by atoms with Gasteiger partial charge in [-0.25, -0.2) is 0 Å². The van der Waals surface area contributed by atoms with Crippen molar-refractivity contribution in [3.05, 3.63) is 52.8 Å². The van der Waals surface area contributed by atoms with Gasteiger partial charge in [0.1, 0.15) is 6.04 Å². The Morgan fingerprint density at radius 1 is 1.22 bits per heavy atom. The summed E-state index contributed by atoms with van der Waals surface area (Å²) in [5.74, 6) is 0.139. The molecule has 1 fully saturated rings. The van der Waals surface area contributed by atoms with Crippen molar-refractivity contribution in [3.8, 4) is 0 Å². The van der Waals surface area contributed by atoms with E-state index in [4.69, 9.17) is 0 Å². The van der Waals surface area contributed by atoms with Crippen LogP contribution in [0.25, 0.3) is 0 Å². The summed E-state index contributed by atoms with van der Waals surface area (Å²) in [6.07, 6.45) is 3.55. The molecule has 0 radical (unpaired) electrons. The molecule has 122 valence electrons. The number of hydrogen-bond donors (Lipinski definition) is 0. The van der Waals surface area contributed by atoms with Crippen LogP contribution < -0.4 is 0 Å². The van der Waals surface area contributed by atoms with E-state index in [1.165, 1.54) is 5.56 Å². The number of halogens is 1. The van der Waals surface area contributed by atoms with Gasteiger partial charge in [0.25, 0.3) is 0 Å². The van der Waals surface area contributed by atoms with Gasteiger partial charge in [-0.1, -0.05) is 30.3 Å². The molecule has 6 heteroatoms. The van der Waals surface area contributed by atoms with Crippen LogP contribution in [0.4, 0.5) is 0 Å². The van der Waals surface area contributed by atoms with Crippen LogP contribution in [0.5, 0.6) is 0 Å². The number of amides is 1. The molecule has 23 heavy (non-hydrogen) atoms. The highest BCUT2D eigenvalue weighted by Gasteiger charge is 2.26. The summed E-state index contributed by atoms with van der Waals surface area (Å²) in [4.78, 5) is 16.9. The number of benzene rings is 1.